The Kier molecular flexibility index (Phi) is 6.30. The van der Waals surface area contributed by atoms with Gasteiger partial charge in [-0.3, -0.25) is 4.79 Å². The number of benzene rings is 2. The van der Waals surface area contributed by atoms with Gasteiger partial charge in [-0.05, 0) is 59.0 Å². The van der Waals surface area contributed by atoms with E-state index in [0.717, 1.165) is 7.88 Å². The van der Waals surface area contributed by atoms with Crippen LogP contribution >= 0.6 is 34.2 Å². The Labute approximate surface area is 165 Å². The average molecular weight is 495 g/mol. The maximum absolute atomic E-state index is 12.5. The lowest BCUT2D eigenvalue weighted by Gasteiger charge is -2.15. The van der Waals surface area contributed by atoms with Gasteiger partial charge in [-0.1, -0.05) is 11.6 Å². The van der Waals surface area contributed by atoms with Crippen molar-refractivity contribution in [1.29, 1.82) is 0 Å². The van der Waals surface area contributed by atoms with Crippen LogP contribution in [0.25, 0.3) is 0 Å². The number of amides is 1. The van der Waals surface area contributed by atoms with Crippen molar-refractivity contribution < 1.29 is 17.9 Å². The predicted octanol–water partition coefficient (Wildman–Crippen LogP) is 3.46. The number of nitrogens with zero attached hydrogens (tertiary/aromatic N) is 1. The van der Waals surface area contributed by atoms with Gasteiger partial charge in [-0.25, -0.2) is 12.7 Å². The molecule has 0 spiro atoms. The topological polar surface area (TPSA) is 75.7 Å². The first-order chi connectivity index (χ1) is 11.7. The molecule has 1 amide bonds. The standard InChI is InChI=1S/C16H16ClIN2O4S/c1-20(2)25(22,23)11-5-7-15(24-3)14(9-11)19-16(21)10-4-6-12(17)13(18)8-10/h4-9H,1-3H3,(H,19,21). The molecule has 25 heavy (non-hydrogen) atoms. The molecule has 0 aromatic heterocycles. The fraction of sp³-hybridized carbons (Fsp3) is 0.188. The number of nitrogens with one attached hydrogen (secondary N) is 1. The van der Waals surface area contributed by atoms with Gasteiger partial charge >= 0.3 is 0 Å². The Balaban J connectivity index is 2.40. The molecule has 134 valence electrons. The summed E-state index contributed by atoms with van der Waals surface area (Å²) in [5.41, 5.74) is 0.664. The summed E-state index contributed by atoms with van der Waals surface area (Å²) in [5, 5.41) is 3.23. The molecular formula is C16H16ClIN2O4S. The first-order valence-electron chi connectivity index (χ1n) is 7.03. The van der Waals surface area contributed by atoms with Gasteiger partial charge < -0.3 is 10.1 Å². The van der Waals surface area contributed by atoms with Gasteiger partial charge in [0.05, 0.1) is 22.7 Å². The fourth-order valence-electron chi connectivity index (χ4n) is 1.99. The van der Waals surface area contributed by atoms with Crippen LogP contribution in [0.15, 0.2) is 41.3 Å². The van der Waals surface area contributed by atoms with Crippen LogP contribution in [0.5, 0.6) is 5.75 Å². The summed E-state index contributed by atoms with van der Waals surface area (Å²) in [6.07, 6.45) is 0. The first-order valence-corrected chi connectivity index (χ1v) is 9.93. The van der Waals surface area contributed by atoms with Crippen LogP contribution in [-0.4, -0.2) is 39.8 Å². The molecule has 2 aromatic carbocycles. The molecule has 0 aliphatic heterocycles. The number of halogens is 2. The second kappa shape index (κ2) is 7.90. The first kappa shape index (κ1) is 20.0. The van der Waals surface area contributed by atoms with Crippen molar-refractivity contribution in [2.75, 3.05) is 26.5 Å². The van der Waals surface area contributed by atoms with Crippen LogP contribution in [0.3, 0.4) is 0 Å². The fourth-order valence-corrected chi connectivity index (χ4v) is 3.55. The largest absolute Gasteiger partial charge is 0.495 e. The van der Waals surface area contributed by atoms with Gasteiger partial charge in [-0.2, -0.15) is 0 Å². The summed E-state index contributed by atoms with van der Waals surface area (Å²) in [7, 11) is 0.687. The van der Waals surface area contributed by atoms with Crippen molar-refractivity contribution in [2.45, 2.75) is 4.90 Å². The highest BCUT2D eigenvalue weighted by atomic mass is 127. The zero-order chi connectivity index (χ0) is 18.8. The number of hydrogen-bond donors (Lipinski definition) is 1. The van der Waals surface area contributed by atoms with E-state index in [4.69, 9.17) is 16.3 Å². The van der Waals surface area contributed by atoms with E-state index < -0.39 is 15.9 Å². The normalized spacial score (nSPS) is 11.4. The van der Waals surface area contributed by atoms with Crippen LogP contribution in [-0.2, 0) is 10.0 Å². The number of carbonyl (C=O) groups is 1. The molecule has 2 aromatic rings. The lowest BCUT2D eigenvalue weighted by atomic mass is 10.2. The molecule has 0 saturated carbocycles. The third-order valence-electron chi connectivity index (χ3n) is 3.38. The van der Waals surface area contributed by atoms with Crippen LogP contribution in [0.1, 0.15) is 10.4 Å². The van der Waals surface area contributed by atoms with Gasteiger partial charge in [-0.15, -0.1) is 0 Å². The van der Waals surface area contributed by atoms with Crippen LogP contribution in [0.4, 0.5) is 5.69 Å². The summed E-state index contributed by atoms with van der Waals surface area (Å²) >= 11 is 7.99. The second-order valence-corrected chi connectivity index (χ2v) is 8.95. The Morgan fingerprint density at radius 1 is 1.20 bits per heavy atom. The zero-order valence-electron chi connectivity index (χ0n) is 13.7. The predicted molar refractivity (Wildman–Crippen MR) is 106 cm³/mol. The van der Waals surface area contributed by atoms with Gasteiger partial charge in [0.2, 0.25) is 10.0 Å². The van der Waals surface area contributed by atoms with Crippen molar-refractivity contribution in [2.24, 2.45) is 0 Å². The van der Waals surface area contributed by atoms with Crippen molar-refractivity contribution in [3.05, 3.63) is 50.6 Å². The van der Waals surface area contributed by atoms with Crippen molar-refractivity contribution in [1.82, 2.24) is 4.31 Å². The molecule has 0 atom stereocenters. The maximum atomic E-state index is 12.5. The van der Waals surface area contributed by atoms with E-state index in [0.29, 0.717) is 16.3 Å². The number of anilines is 1. The van der Waals surface area contributed by atoms with E-state index in [1.165, 1.54) is 39.4 Å². The van der Waals surface area contributed by atoms with Crippen molar-refractivity contribution in [3.63, 3.8) is 0 Å². The van der Waals surface area contributed by atoms with E-state index in [1.807, 2.05) is 22.6 Å². The monoisotopic (exact) mass is 494 g/mol. The molecular weight excluding hydrogens is 479 g/mol. The molecule has 1 N–H and O–H groups in total. The molecule has 2 rings (SSSR count). The van der Waals surface area contributed by atoms with Gasteiger partial charge in [0.15, 0.2) is 0 Å². The molecule has 0 aliphatic carbocycles. The summed E-state index contributed by atoms with van der Waals surface area (Å²) in [5.74, 6) is -0.0398. The van der Waals surface area contributed by atoms with E-state index in [2.05, 4.69) is 5.32 Å². The van der Waals surface area contributed by atoms with Gasteiger partial charge in [0.25, 0.3) is 5.91 Å². The van der Waals surface area contributed by atoms with E-state index in [-0.39, 0.29) is 10.6 Å². The summed E-state index contributed by atoms with van der Waals surface area (Å²) < 4.78 is 31.6. The van der Waals surface area contributed by atoms with Crippen molar-refractivity contribution >= 4 is 55.8 Å². The molecule has 0 fully saturated rings. The minimum Gasteiger partial charge on any atom is -0.495 e. The molecule has 0 heterocycles. The number of rotatable bonds is 5. The number of ether oxygens (including phenoxy) is 1. The van der Waals surface area contributed by atoms with E-state index in [9.17, 15) is 13.2 Å². The molecule has 0 bridgehead atoms. The smallest absolute Gasteiger partial charge is 0.255 e. The minimum absolute atomic E-state index is 0.0549. The molecule has 9 heteroatoms. The average Bonchev–Trinajstić information content (AvgIpc) is 2.57. The molecule has 0 radical (unpaired) electrons. The summed E-state index contributed by atoms with van der Waals surface area (Å²) in [6, 6.07) is 9.15. The SMILES string of the molecule is COc1ccc(S(=O)(=O)N(C)C)cc1NC(=O)c1ccc(Cl)c(I)c1. The molecule has 6 nitrogen and oxygen atoms in total. The second-order valence-electron chi connectivity index (χ2n) is 5.23. The number of hydrogen-bond acceptors (Lipinski definition) is 4. The van der Waals surface area contributed by atoms with Crippen LogP contribution in [0, 0.1) is 3.57 Å². The quantitative estimate of drug-likeness (QED) is 0.646. The third-order valence-corrected chi connectivity index (χ3v) is 6.73. The van der Waals surface area contributed by atoms with Crippen LogP contribution < -0.4 is 10.1 Å². The maximum Gasteiger partial charge on any atom is 0.255 e. The Morgan fingerprint density at radius 2 is 1.88 bits per heavy atom. The number of carbonyl (C=O) groups excluding carboxylic acids is 1. The highest BCUT2D eigenvalue weighted by Crippen LogP contribution is 2.29. The lowest BCUT2D eigenvalue weighted by Crippen LogP contribution is -2.22. The van der Waals surface area contributed by atoms with Gasteiger partial charge in [0.1, 0.15) is 5.75 Å². The Hall–Kier alpha value is -1.36. The van der Waals surface area contributed by atoms with Crippen LogP contribution in [0.2, 0.25) is 5.02 Å². The van der Waals surface area contributed by atoms with Gasteiger partial charge in [0, 0.05) is 23.2 Å². The Morgan fingerprint density at radius 3 is 2.44 bits per heavy atom. The van der Waals surface area contributed by atoms with Crippen molar-refractivity contribution in [3.8, 4) is 5.75 Å². The lowest BCUT2D eigenvalue weighted by molar-refractivity contribution is 0.102. The molecule has 0 saturated heterocycles. The third kappa shape index (κ3) is 4.43. The summed E-state index contributed by atoms with van der Waals surface area (Å²) in [6.45, 7) is 0. The highest BCUT2D eigenvalue weighted by Gasteiger charge is 2.20. The highest BCUT2D eigenvalue weighted by molar-refractivity contribution is 14.1. The van der Waals surface area contributed by atoms with E-state index >= 15 is 0 Å². The van der Waals surface area contributed by atoms with E-state index in [1.54, 1.807) is 18.2 Å². The number of sulfonamides is 1. The summed E-state index contributed by atoms with van der Waals surface area (Å²) in [4.78, 5) is 12.5. The molecule has 0 aliphatic rings. The Bertz CT molecular complexity index is 916. The number of methoxy groups -OCH3 is 1. The minimum atomic E-state index is -3.63. The molecule has 0 unspecified atom stereocenters. The zero-order valence-corrected chi connectivity index (χ0v) is 17.4.